The van der Waals surface area contributed by atoms with Crippen LogP contribution >= 0.6 is 27.3 Å². The molecule has 1 aliphatic heterocycles. The minimum atomic E-state index is 0.134. The number of nitrogens with two attached hydrogens (primary N) is 1. The molecule has 0 aliphatic carbocycles. The van der Waals surface area contributed by atoms with E-state index < -0.39 is 0 Å². The maximum atomic E-state index is 6.00. The van der Waals surface area contributed by atoms with E-state index in [9.17, 15) is 0 Å². The first-order chi connectivity index (χ1) is 9.24. The van der Waals surface area contributed by atoms with E-state index >= 15 is 0 Å². The van der Waals surface area contributed by atoms with Crippen molar-refractivity contribution in [3.63, 3.8) is 0 Å². The summed E-state index contributed by atoms with van der Waals surface area (Å²) >= 11 is 5.13. The first-order valence-electron chi connectivity index (χ1n) is 5.94. The average Bonchev–Trinajstić information content (AvgIpc) is 3.03. The molecule has 98 valence electrons. The van der Waals surface area contributed by atoms with Crippen LogP contribution < -0.4 is 5.73 Å². The number of rotatable bonds is 3. The van der Waals surface area contributed by atoms with Gasteiger partial charge >= 0.3 is 0 Å². The topological polar surface area (TPSA) is 54.5 Å². The monoisotopic (exact) mass is 336 g/mol. The SMILES string of the molecule is NC1=NCC(c2ccc(Br)cn2)N1Cc1cccs1. The van der Waals surface area contributed by atoms with E-state index in [2.05, 4.69) is 48.3 Å². The Labute approximate surface area is 124 Å². The third kappa shape index (κ3) is 2.64. The maximum Gasteiger partial charge on any atom is 0.192 e. The highest BCUT2D eigenvalue weighted by molar-refractivity contribution is 9.10. The molecule has 2 aromatic rings. The molecule has 3 heterocycles. The Morgan fingerprint density at radius 2 is 2.32 bits per heavy atom. The lowest BCUT2D eigenvalue weighted by atomic mass is 10.1. The predicted octanol–water partition coefficient (Wildman–Crippen LogP) is 2.78. The van der Waals surface area contributed by atoms with Gasteiger partial charge in [-0.1, -0.05) is 6.07 Å². The van der Waals surface area contributed by atoms with Crippen LogP contribution in [0.5, 0.6) is 0 Å². The van der Waals surface area contributed by atoms with Gasteiger partial charge < -0.3 is 10.6 Å². The van der Waals surface area contributed by atoms with Crippen molar-refractivity contribution in [3.8, 4) is 0 Å². The summed E-state index contributed by atoms with van der Waals surface area (Å²) in [4.78, 5) is 12.2. The minimum absolute atomic E-state index is 0.134. The highest BCUT2D eigenvalue weighted by Crippen LogP contribution is 2.27. The van der Waals surface area contributed by atoms with Crippen LogP contribution in [0.2, 0.25) is 0 Å². The molecule has 19 heavy (non-hydrogen) atoms. The molecule has 2 aromatic heterocycles. The second-order valence-electron chi connectivity index (χ2n) is 4.32. The second kappa shape index (κ2) is 5.30. The zero-order valence-electron chi connectivity index (χ0n) is 10.2. The number of pyridine rings is 1. The van der Waals surface area contributed by atoms with Crippen molar-refractivity contribution >= 4 is 33.2 Å². The Morgan fingerprint density at radius 3 is 3.00 bits per heavy atom. The van der Waals surface area contributed by atoms with Gasteiger partial charge in [0.25, 0.3) is 0 Å². The molecule has 6 heteroatoms. The lowest BCUT2D eigenvalue weighted by Gasteiger charge is -2.25. The number of hydrogen-bond acceptors (Lipinski definition) is 5. The fourth-order valence-corrected chi connectivity index (χ4v) is 3.07. The molecule has 0 aromatic carbocycles. The summed E-state index contributed by atoms with van der Waals surface area (Å²) < 4.78 is 0.980. The molecular formula is C13H13BrN4S. The van der Waals surface area contributed by atoms with E-state index in [1.807, 2.05) is 18.3 Å². The molecular weight excluding hydrogens is 324 g/mol. The molecule has 0 saturated heterocycles. The normalized spacial score (nSPS) is 18.7. The zero-order valence-corrected chi connectivity index (χ0v) is 12.6. The molecule has 1 unspecified atom stereocenters. The van der Waals surface area contributed by atoms with E-state index in [4.69, 9.17) is 5.73 Å². The van der Waals surface area contributed by atoms with E-state index in [1.165, 1.54) is 4.88 Å². The number of nitrogens with zero attached hydrogens (tertiary/aromatic N) is 3. The Hall–Kier alpha value is -1.40. The lowest BCUT2D eigenvalue weighted by Crippen LogP contribution is -2.35. The van der Waals surface area contributed by atoms with Gasteiger partial charge in [0.05, 0.1) is 24.8 Å². The van der Waals surface area contributed by atoms with Gasteiger partial charge in [-0.15, -0.1) is 11.3 Å². The fraction of sp³-hybridized carbons (Fsp3) is 0.231. The summed E-state index contributed by atoms with van der Waals surface area (Å²) in [5, 5.41) is 2.08. The summed E-state index contributed by atoms with van der Waals surface area (Å²) in [6.07, 6.45) is 1.81. The molecule has 0 fully saturated rings. The van der Waals surface area contributed by atoms with Gasteiger partial charge in [-0.05, 0) is 39.5 Å². The van der Waals surface area contributed by atoms with Crippen molar-refractivity contribution in [1.82, 2.24) is 9.88 Å². The van der Waals surface area contributed by atoms with Crippen molar-refractivity contribution in [2.45, 2.75) is 12.6 Å². The first-order valence-corrected chi connectivity index (χ1v) is 7.61. The predicted molar refractivity (Wildman–Crippen MR) is 81.0 cm³/mol. The number of aliphatic imine (C=N–C) groups is 1. The summed E-state index contributed by atoms with van der Waals surface area (Å²) in [6, 6.07) is 8.32. The van der Waals surface area contributed by atoms with Gasteiger partial charge in [-0.2, -0.15) is 0 Å². The maximum absolute atomic E-state index is 6.00. The Bertz CT molecular complexity index is 579. The summed E-state index contributed by atoms with van der Waals surface area (Å²) in [7, 11) is 0. The highest BCUT2D eigenvalue weighted by Gasteiger charge is 2.28. The molecule has 0 amide bonds. The molecule has 4 nitrogen and oxygen atoms in total. The minimum Gasteiger partial charge on any atom is -0.370 e. The lowest BCUT2D eigenvalue weighted by molar-refractivity contribution is 0.337. The van der Waals surface area contributed by atoms with Gasteiger partial charge in [-0.3, -0.25) is 9.98 Å². The van der Waals surface area contributed by atoms with Crippen LogP contribution in [-0.4, -0.2) is 22.4 Å². The van der Waals surface area contributed by atoms with Gasteiger partial charge in [-0.25, -0.2) is 0 Å². The number of hydrogen-bond donors (Lipinski definition) is 1. The van der Waals surface area contributed by atoms with Gasteiger partial charge in [0.15, 0.2) is 5.96 Å². The van der Waals surface area contributed by atoms with Gasteiger partial charge in [0.1, 0.15) is 0 Å². The summed E-state index contributed by atoms with van der Waals surface area (Å²) in [6.45, 7) is 1.46. The van der Waals surface area contributed by atoms with Crippen molar-refractivity contribution in [3.05, 3.63) is 50.9 Å². The van der Waals surface area contributed by atoms with Gasteiger partial charge in [0.2, 0.25) is 0 Å². The molecule has 2 N–H and O–H groups in total. The third-order valence-electron chi connectivity index (χ3n) is 3.09. The Balaban J connectivity index is 1.83. The van der Waals surface area contributed by atoms with Crippen molar-refractivity contribution < 1.29 is 0 Å². The summed E-state index contributed by atoms with van der Waals surface area (Å²) in [5.41, 5.74) is 7.00. The number of thiophene rings is 1. The standard InChI is InChI=1S/C13H13BrN4S/c14-9-3-4-11(16-6-9)12-7-17-13(15)18(12)8-10-2-1-5-19-10/h1-6,12H,7-8H2,(H2,15,17). The van der Waals surface area contributed by atoms with E-state index in [1.54, 1.807) is 11.3 Å². The van der Waals surface area contributed by atoms with Crippen LogP contribution in [0.15, 0.2) is 45.3 Å². The van der Waals surface area contributed by atoms with Crippen LogP contribution in [0.25, 0.3) is 0 Å². The third-order valence-corrected chi connectivity index (χ3v) is 4.42. The van der Waals surface area contributed by atoms with Crippen LogP contribution in [0.3, 0.4) is 0 Å². The van der Waals surface area contributed by atoms with E-state index in [0.29, 0.717) is 12.5 Å². The molecule has 1 atom stereocenters. The quantitative estimate of drug-likeness (QED) is 0.937. The first kappa shape index (κ1) is 12.6. The second-order valence-corrected chi connectivity index (χ2v) is 6.27. The van der Waals surface area contributed by atoms with Crippen LogP contribution in [-0.2, 0) is 6.54 Å². The molecule has 3 rings (SSSR count). The molecule has 0 saturated carbocycles. The average molecular weight is 337 g/mol. The van der Waals surface area contributed by atoms with Crippen molar-refractivity contribution in [2.24, 2.45) is 10.7 Å². The van der Waals surface area contributed by atoms with Crippen molar-refractivity contribution in [2.75, 3.05) is 6.54 Å². The molecule has 0 spiro atoms. The van der Waals surface area contributed by atoms with Crippen molar-refractivity contribution in [1.29, 1.82) is 0 Å². The van der Waals surface area contributed by atoms with E-state index in [-0.39, 0.29) is 6.04 Å². The highest BCUT2D eigenvalue weighted by atomic mass is 79.9. The molecule has 0 radical (unpaired) electrons. The molecule has 1 aliphatic rings. The van der Waals surface area contributed by atoms with E-state index in [0.717, 1.165) is 16.7 Å². The number of halogens is 1. The Morgan fingerprint density at radius 1 is 1.42 bits per heavy atom. The smallest absolute Gasteiger partial charge is 0.192 e. The largest absolute Gasteiger partial charge is 0.370 e. The number of guanidine groups is 1. The van der Waals surface area contributed by atoms with Gasteiger partial charge in [0, 0.05) is 15.5 Å². The van der Waals surface area contributed by atoms with Crippen LogP contribution in [0, 0.1) is 0 Å². The molecule has 0 bridgehead atoms. The fourth-order valence-electron chi connectivity index (χ4n) is 2.13. The van der Waals surface area contributed by atoms with Crippen LogP contribution in [0.1, 0.15) is 16.6 Å². The Kier molecular flexibility index (Phi) is 3.52. The summed E-state index contributed by atoms with van der Waals surface area (Å²) in [5.74, 6) is 0.600. The number of aromatic nitrogens is 1. The van der Waals surface area contributed by atoms with Crippen LogP contribution in [0.4, 0.5) is 0 Å². The zero-order chi connectivity index (χ0) is 13.2.